The lowest BCUT2D eigenvalue weighted by molar-refractivity contribution is -0.130. The summed E-state index contributed by atoms with van der Waals surface area (Å²) in [4.78, 5) is 19.0. The van der Waals surface area contributed by atoms with Gasteiger partial charge in [-0.1, -0.05) is 38.5 Å². The molecule has 0 unspecified atom stereocenters. The van der Waals surface area contributed by atoms with Gasteiger partial charge in [0.25, 0.3) is 0 Å². The summed E-state index contributed by atoms with van der Waals surface area (Å²) >= 11 is 0. The Morgan fingerprint density at radius 2 is 2.03 bits per heavy atom. The van der Waals surface area contributed by atoms with Gasteiger partial charge in [0.1, 0.15) is 0 Å². The summed E-state index contributed by atoms with van der Waals surface area (Å²) in [5.74, 6) is 4.05. The van der Waals surface area contributed by atoms with Crippen molar-refractivity contribution < 1.29 is 9.90 Å². The number of aliphatic hydroxyl groups excluding tert-OH is 1. The van der Waals surface area contributed by atoms with E-state index in [0.717, 1.165) is 55.9 Å². The Morgan fingerprint density at radius 1 is 1.19 bits per heavy atom. The quantitative estimate of drug-likeness (QED) is 0.446. The molecule has 1 heterocycles. The lowest BCUT2D eigenvalue weighted by Gasteiger charge is -2.58. The summed E-state index contributed by atoms with van der Waals surface area (Å²) < 4.78 is 0. The van der Waals surface area contributed by atoms with Gasteiger partial charge in [0.15, 0.2) is 0 Å². The summed E-state index contributed by atoms with van der Waals surface area (Å²) in [5, 5.41) is 10.3. The maximum absolute atomic E-state index is 12.9. The Labute approximate surface area is 219 Å². The number of amides is 1. The molecule has 1 aromatic rings. The van der Waals surface area contributed by atoms with Crippen molar-refractivity contribution in [2.45, 2.75) is 97.5 Å². The van der Waals surface area contributed by atoms with E-state index in [1.165, 1.54) is 44.1 Å². The Morgan fingerprint density at radius 3 is 2.81 bits per heavy atom. The van der Waals surface area contributed by atoms with E-state index in [4.69, 9.17) is 0 Å². The van der Waals surface area contributed by atoms with Gasteiger partial charge in [-0.05, 0) is 116 Å². The first-order valence-corrected chi connectivity index (χ1v) is 14.7. The summed E-state index contributed by atoms with van der Waals surface area (Å²) in [5.41, 5.74) is 3.50. The van der Waals surface area contributed by atoms with Crippen LogP contribution < -0.4 is 0 Å². The van der Waals surface area contributed by atoms with Crippen LogP contribution in [0.1, 0.15) is 90.5 Å². The number of hydrogen-bond donors (Lipinski definition) is 1. The zero-order valence-corrected chi connectivity index (χ0v) is 23.1. The first kappa shape index (κ1) is 25.9. The second-order valence-electron chi connectivity index (χ2n) is 13.3. The zero-order chi connectivity index (χ0) is 25.5. The summed E-state index contributed by atoms with van der Waals surface area (Å²) in [7, 11) is 1.95. The van der Waals surface area contributed by atoms with E-state index in [9.17, 15) is 9.90 Å². The van der Waals surface area contributed by atoms with Crippen molar-refractivity contribution in [3.05, 3.63) is 41.7 Å². The third kappa shape index (κ3) is 4.68. The summed E-state index contributed by atoms with van der Waals surface area (Å²) in [6.45, 7) is 8.32. The molecule has 1 aromatic heterocycles. The smallest absolute Gasteiger partial charge is 0.222 e. The fourth-order valence-corrected chi connectivity index (χ4v) is 9.33. The Bertz CT molecular complexity index is 960. The number of aromatic nitrogens is 1. The van der Waals surface area contributed by atoms with Crippen LogP contribution in [0.3, 0.4) is 0 Å². The number of nitrogens with zero attached hydrogens (tertiary/aromatic N) is 2. The van der Waals surface area contributed by atoms with Crippen LogP contribution in [0.25, 0.3) is 0 Å². The fourth-order valence-electron chi connectivity index (χ4n) is 9.33. The number of rotatable bonds is 7. The third-order valence-electron chi connectivity index (χ3n) is 11.5. The van der Waals surface area contributed by atoms with Crippen molar-refractivity contribution in [2.24, 2.45) is 40.4 Å². The average molecular weight is 493 g/mol. The maximum Gasteiger partial charge on any atom is 0.222 e. The van der Waals surface area contributed by atoms with Crippen molar-refractivity contribution in [2.75, 3.05) is 13.6 Å². The van der Waals surface area contributed by atoms with E-state index in [0.29, 0.717) is 23.2 Å². The second kappa shape index (κ2) is 10.2. The van der Waals surface area contributed by atoms with Gasteiger partial charge in [-0.15, -0.1) is 0 Å². The highest BCUT2D eigenvalue weighted by Gasteiger charge is 2.59. The number of pyridine rings is 1. The van der Waals surface area contributed by atoms with Crippen molar-refractivity contribution in [3.63, 3.8) is 0 Å². The molecule has 1 amide bonds. The van der Waals surface area contributed by atoms with Crippen LogP contribution in [0.2, 0.25) is 0 Å². The lowest BCUT2D eigenvalue weighted by Crippen LogP contribution is -2.50. The molecule has 4 nitrogen and oxygen atoms in total. The van der Waals surface area contributed by atoms with Crippen LogP contribution in [0.4, 0.5) is 0 Å². The molecule has 36 heavy (non-hydrogen) atoms. The molecule has 0 radical (unpaired) electrons. The lowest BCUT2D eigenvalue weighted by atomic mass is 9.47. The highest BCUT2D eigenvalue weighted by molar-refractivity contribution is 5.75. The van der Waals surface area contributed by atoms with Gasteiger partial charge in [-0.3, -0.25) is 9.78 Å². The largest absolute Gasteiger partial charge is 0.393 e. The topological polar surface area (TPSA) is 53.4 Å². The van der Waals surface area contributed by atoms with E-state index in [2.05, 4.69) is 37.9 Å². The minimum Gasteiger partial charge on any atom is -0.393 e. The van der Waals surface area contributed by atoms with Gasteiger partial charge in [-0.25, -0.2) is 0 Å². The zero-order valence-electron chi connectivity index (χ0n) is 23.1. The average Bonchev–Trinajstić information content (AvgIpc) is 3.24. The number of aliphatic hydroxyl groups is 1. The van der Waals surface area contributed by atoms with Crippen molar-refractivity contribution >= 4 is 5.91 Å². The third-order valence-corrected chi connectivity index (χ3v) is 11.5. The van der Waals surface area contributed by atoms with E-state index in [1.54, 1.807) is 11.8 Å². The molecule has 3 saturated carbocycles. The highest BCUT2D eigenvalue weighted by atomic mass is 16.3. The number of allylic oxidation sites excluding steroid dienone is 1. The predicted molar refractivity (Wildman–Crippen MR) is 145 cm³/mol. The first-order valence-electron chi connectivity index (χ1n) is 14.7. The van der Waals surface area contributed by atoms with E-state index in [-0.39, 0.29) is 12.0 Å². The van der Waals surface area contributed by atoms with E-state index < -0.39 is 0 Å². The Balaban J connectivity index is 1.18. The first-order chi connectivity index (χ1) is 17.2. The Hall–Kier alpha value is -1.68. The molecular weight excluding hydrogens is 444 g/mol. The molecule has 8 atom stereocenters. The SMILES string of the molecule is C[C@H](CCC(=O)N(C)CCc1cccnc1)[C@H]1CC[C@H]2[C@@H]3CC=C4C[C@@H](O)CC[C@]4(C)[C@H]3CC[C@]12C. The van der Waals surface area contributed by atoms with Crippen molar-refractivity contribution in [1.82, 2.24) is 9.88 Å². The molecule has 0 aromatic carbocycles. The Kier molecular flexibility index (Phi) is 7.38. The van der Waals surface area contributed by atoms with Gasteiger partial charge in [0, 0.05) is 32.4 Å². The predicted octanol–water partition coefficient (Wildman–Crippen LogP) is 6.44. The number of fused-ring (bicyclic) bond motifs is 5. The van der Waals surface area contributed by atoms with Gasteiger partial charge >= 0.3 is 0 Å². The summed E-state index contributed by atoms with van der Waals surface area (Å²) in [6, 6.07) is 4.05. The highest BCUT2D eigenvalue weighted by Crippen LogP contribution is 2.67. The van der Waals surface area contributed by atoms with Crippen LogP contribution in [0.5, 0.6) is 0 Å². The van der Waals surface area contributed by atoms with Crippen LogP contribution in [0.15, 0.2) is 36.2 Å². The van der Waals surface area contributed by atoms with Crippen molar-refractivity contribution in [3.8, 4) is 0 Å². The molecular formula is C32H48N2O2. The van der Waals surface area contributed by atoms with Gasteiger partial charge in [0.05, 0.1) is 6.10 Å². The molecule has 4 aliphatic carbocycles. The molecule has 5 rings (SSSR count). The van der Waals surface area contributed by atoms with E-state index >= 15 is 0 Å². The normalized spacial score (nSPS) is 38.4. The van der Waals surface area contributed by atoms with Gasteiger partial charge < -0.3 is 10.0 Å². The molecule has 0 spiro atoms. The minimum atomic E-state index is -0.122. The number of carbonyl (C=O) groups is 1. The number of hydrogen-bond acceptors (Lipinski definition) is 3. The summed E-state index contributed by atoms with van der Waals surface area (Å²) in [6.07, 6.45) is 18.3. The monoisotopic (exact) mass is 492 g/mol. The maximum atomic E-state index is 12.9. The fraction of sp³-hybridized carbons (Fsp3) is 0.750. The molecule has 4 aliphatic rings. The molecule has 1 N–H and O–H groups in total. The van der Waals surface area contributed by atoms with Crippen LogP contribution in [0, 0.1) is 40.4 Å². The molecule has 3 fully saturated rings. The number of carbonyl (C=O) groups excluding carboxylic acids is 1. The molecule has 4 heteroatoms. The molecule has 198 valence electrons. The standard InChI is InChI=1S/C32H48N2O2/c1-22(7-12-30(36)34(4)19-15-23-6-5-18-33-21-23)27-10-11-28-26-9-8-24-20-25(35)13-16-31(24,2)29(26)14-17-32(27,28)3/h5-6,8,18,21-22,25-29,35H,7,9-17,19-20H2,1-4H3/t22-,25+,26+,27-,28+,29+,31+,32-/m1/s1. The molecule has 0 aliphatic heterocycles. The molecule has 0 saturated heterocycles. The van der Waals surface area contributed by atoms with Crippen LogP contribution in [-0.2, 0) is 11.2 Å². The van der Waals surface area contributed by atoms with Gasteiger partial charge in [0.2, 0.25) is 5.91 Å². The minimum absolute atomic E-state index is 0.122. The van der Waals surface area contributed by atoms with Crippen LogP contribution >= 0.6 is 0 Å². The van der Waals surface area contributed by atoms with Crippen LogP contribution in [-0.4, -0.2) is 40.6 Å². The second-order valence-corrected chi connectivity index (χ2v) is 13.3. The molecule has 0 bridgehead atoms. The van der Waals surface area contributed by atoms with Crippen molar-refractivity contribution in [1.29, 1.82) is 0 Å². The number of likely N-dealkylation sites (N-methyl/N-ethyl adjacent to an activating group) is 1. The van der Waals surface area contributed by atoms with E-state index in [1.807, 2.05) is 24.2 Å². The van der Waals surface area contributed by atoms with Gasteiger partial charge in [-0.2, -0.15) is 0 Å².